The summed E-state index contributed by atoms with van der Waals surface area (Å²) in [5.41, 5.74) is 3.67. The third kappa shape index (κ3) is 5.27. The second-order valence-electron chi connectivity index (χ2n) is 6.79. The van der Waals surface area contributed by atoms with E-state index in [4.69, 9.17) is 4.74 Å². The van der Waals surface area contributed by atoms with Crippen LogP contribution in [0.5, 0.6) is 11.5 Å². The van der Waals surface area contributed by atoms with Crippen LogP contribution in [0.4, 0.5) is 5.69 Å². The van der Waals surface area contributed by atoms with E-state index in [1.54, 1.807) is 13.2 Å². The van der Waals surface area contributed by atoms with Crippen molar-refractivity contribution in [2.45, 2.75) is 32.0 Å². The fourth-order valence-electron chi connectivity index (χ4n) is 3.29. The standard InChI is InChI=1S/C24H28NO2P/c1-3-9-24(21-16-20(27-2)14-15-22(21)26)28-23-13-8-7-10-18(23)17-25-19-11-5-4-6-12-19/h4-8,10-16,24-26,28H,3,9,17H2,1-2H3. The van der Waals surface area contributed by atoms with Gasteiger partial charge in [0.15, 0.2) is 0 Å². The SMILES string of the molecule is CCCC(Pc1ccccc1CNc1ccccc1)c1cc(OC)ccc1O. The van der Waals surface area contributed by atoms with Crippen molar-refractivity contribution in [2.24, 2.45) is 0 Å². The Balaban J connectivity index is 1.82. The molecule has 2 unspecified atom stereocenters. The molecule has 0 heterocycles. The van der Waals surface area contributed by atoms with Gasteiger partial charge in [0.1, 0.15) is 11.5 Å². The second kappa shape index (κ2) is 10.1. The Morgan fingerprint density at radius 3 is 2.50 bits per heavy atom. The quantitative estimate of drug-likeness (QED) is 0.448. The highest BCUT2D eigenvalue weighted by molar-refractivity contribution is 7.47. The minimum absolute atomic E-state index is 0.276. The summed E-state index contributed by atoms with van der Waals surface area (Å²) in [6.45, 7) is 2.98. The molecule has 0 amide bonds. The van der Waals surface area contributed by atoms with Gasteiger partial charge in [0.2, 0.25) is 0 Å². The highest BCUT2D eigenvalue weighted by atomic mass is 31.1. The van der Waals surface area contributed by atoms with E-state index in [1.165, 1.54) is 10.9 Å². The lowest BCUT2D eigenvalue weighted by Gasteiger charge is -2.21. The van der Waals surface area contributed by atoms with Crippen molar-refractivity contribution in [3.8, 4) is 11.5 Å². The summed E-state index contributed by atoms with van der Waals surface area (Å²) < 4.78 is 5.38. The Labute approximate surface area is 169 Å². The van der Waals surface area contributed by atoms with E-state index in [9.17, 15) is 5.11 Å². The van der Waals surface area contributed by atoms with Crippen LogP contribution in [0.15, 0.2) is 72.8 Å². The largest absolute Gasteiger partial charge is 0.508 e. The van der Waals surface area contributed by atoms with Gasteiger partial charge in [-0.25, -0.2) is 0 Å². The molecular formula is C24H28NO2P. The lowest BCUT2D eigenvalue weighted by atomic mass is 10.1. The van der Waals surface area contributed by atoms with Gasteiger partial charge in [-0.3, -0.25) is 0 Å². The lowest BCUT2D eigenvalue weighted by molar-refractivity contribution is 0.410. The molecule has 0 aliphatic rings. The predicted octanol–water partition coefficient (Wildman–Crippen LogP) is 5.86. The number of rotatable bonds is 9. The van der Waals surface area contributed by atoms with Crippen LogP contribution in [-0.2, 0) is 6.54 Å². The van der Waals surface area contributed by atoms with Gasteiger partial charge in [-0.1, -0.05) is 64.4 Å². The molecule has 0 radical (unpaired) electrons. The van der Waals surface area contributed by atoms with Crippen molar-refractivity contribution in [3.05, 3.63) is 83.9 Å². The Bertz CT molecular complexity index is 883. The van der Waals surface area contributed by atoms with Gasteiger partial charge in [-0.05, 0) is 47.6 Å². The molecule has 0 saturated heterocycles. The molecule has 0 saturated carbocycles. The summed E-state index contributed by atoms with van der Waals surface area (Å²) in [6, 6.07) is 24.4. The average Bonchev–Trinajstić information content (AvgIpc) is 2.74. The fourth-order valence-corrected chi connectivity index (χ4v) is 5.03. The molecule has 3 nitrogen and oxygen atoms in total. The second-order valence-corrected chi connectivity index (χ2v) is 8.31. The summed E-state index contributed by atoms with van der Waals surface area (Å²) in [6.07, 6.45) is 2.10. The average molecular weight is 393 g/mol. The van der Waals surface area contributed by atoms with Gasteiger partial charge in [0, 0.05) is 23.5 Å². The topological polar surface area (TPSA) is 41.5 Å². The number of ether oxygens (including phenoxy) is 1. The van der Waals surface area contributed by atoms with Crippen LogP contribution >= 0.6 is 8.58 Å². The summed E-state index contributed by atoms with van der Waals surface area (Å²) in [7, 11) is 2.25. The van der Waals surface area contributed by atoms with Crippen LogP contribution < -0.4 is 15.4 Å². The van der Waals surface area contributed by atoms with Crippen molar-refractivity contribution < 1.29 is 9.84 Å². The van der Waals surface area contributed by atoms with Crippen molar-refractivity contribution in [3.63, 3.8) is 0 Å². The molecule has 146 valence electrons. The molecule has 28 heavy (non-hydrogen) atoms. The van der Waals surface area contributed by atoms with Crippen LogP contribution in [0.3, 0.4) is 0 Å². The van der Waals surface area contributed by atoms with Gasteiger partial charge in [0.05, 0.1) is 7.11 Å². The molecule has 0 aromatic heterocycles. The molecule has 3 aromatic carbocycles. The Morgan fingerprint density at radius 2 is 1.75 bits per heavy atom. The van der Waals surface area contributed by atoms with Crippen molar-refractivity contribution in [1.82, 2.24) is 0 Å². The first-order chi connectivity index (χ1) is 13.7. The maximum Gasteiger partial charge on any atom is 0.119 e. The van der Waals surface area contributed by atoms with Gasteiger partial charge < -0.3 is 15.2 Å². The van der Waals surface area contributed by atoms with E-state index in [2.05, 4.69) is 48.6 Å². The predicted molar refractivity (Wildman–Crippen MR) is 120 cm³/mol. The Hall–Kier alpha value is -2.51. The summed E-state index contributed by atoms with van der Waals surface area (Å²) in [5, 5.41) is 15.3. The molecule has 0 aliphatic carbocycles. The first kappa shape index (κ1) is 20.2. The molecule has 4 heteroatoms. The Kier molecular flexibility index (Phi) is 7.33. The number of hydrogen-bond acceptors (Lipinski definition) is 3. The van der Waals surface area contributed by atoms with E-state index in [1.807, 2.05) is 30.3 Å². The molecule has 3 rings (SSSR count). The number of phenols is 1. The third-order valence-corrected chi connectivity index (χ3v) is 6.54. The fraction of sp³-hybridized carbons (Fsp3) is 0.250. The van der Waals surface area contributed by atoms with Crippen molar-refractivity contribution >= 4 is 19.6 Å². The normalized spacial score (nSPS) is 12.2. The van der Waals surface area contributed by atoms with Crippen LogP contribution in [0.1, 0.15) is 36.6 Å². The number of hydrogen-bond donors (Lipinski definition) is 2. The first-order valence-corrected chi connectivity index (χ1v) is 10.8. The maximum atomic E-state index is 10.5. The Morgan fingerprint density at radius 1 is 1.00 bits per heavy atom. The van der Waals surface area contributed by atoms with Gasteiger partial charge in [0.25, 0.3) is 0 Å². The number of anilines is 1. The molecule has 0 aliphatic heterocycles. The molecule has 2 N–H and O–H groups in total. The number of para-hydroxylation sites is 1. The number of phenolic OH excluding ortho intramolecular Hbond substituents is 1. The lowest BCUT2D eigenvalue weighted by Crippen LogP contribution is -2.11. The first-order valence-electron chi connectivity index (χ1n) is 9.71. The summed E-state index contributed by atoms with van der Waals surface area (Å²) in [4.78, 5) is 0. The molecule has 0 spiro atoms. The maximum absolute atomic E-state index is 10.5. The van der Waals surface area contributed by atoms with Crippen LogP contribution in [0, 0.1) is 0 Å². The van der Waals surface area contributed by atoms with E-state index >= 15 is 0 Å². The third-order valence-electron chi connectivity index (χ3n) is 4.79. The van der Waals surface area contributed by atoms with Gasteiger partial charge >= 0.3 is 0 Å². The van der Waals surface area contributed by atoms with Gasteiger partial charge in [-0.15, -0.1) is 0 Å². The zero-order valence-electron chi connectivity index (χ0n) is 16.5. The van der Waals surface area contributed by atoms with Crippen molar-refractivity contribution in [2.75, 3.05) is 12.4 Å². The number of nitrogens with one attached hydrogen (secondary N) is 1. The molecule has 2 atom stereocenters. The molecule has 0 bridgehead atoms. The summed E-state index contributed by atoms with van der Waals surface area (Å²) in [5.74, 6) is 1.14. The smallest absolute Gasteiger partial charge is 0.119 e. The molecule has 3 aromatic rings. The number of aromatic hydroxyl groups is 1. The monoisotopic (exact) mass is 393 g/mol. The zero-order valence-corrected chi connectivity index (χ0v) is 17.5. The van der Waals surface area contributed by atoms with Crippen molar-refractivity contribution in [1.29, 1.82) is 0 Å². The minimum atomic E-state index is 0.276. The molecule has 0 fully saturated rings. The van der Waals surface area contributed by atoms with E-state index in [0.717, 1.165) is 36.4 Å². The summed E-state index contributed by atoms with van der Waals surface area (Å²) >= 11 is 0. The highest BCUT2D eigenvalue weighted by Crippen LogP contribution is 2.43. The van der Waals surface area contributed by atoms with Crippen LogP contribution in [-0.4, -0.2) is 12.2 Å². The highest BCUT2D eigenvalue weighted by Gasteiger charge is 2.18. The van der Waals surface area contributed by atoms with Crippen LogP contribution in [0.2, 0.25) is 0 Å². The van der Waals surface area contributed by atoms with E-state index < -0.39 is 0 Å². The van der Waals surface area contributed by atoms with E-state index in [-0.39, 0.29) is 5.66 Å². The van der Waals surface area contributed by atoms with Gasteiger partial charge in [-0.2, -0.15) is 0 Å². The van der Waals surface area contributed by atoms with E-state index in [0.29, 0.717) is 14.3 Å². The minimum Gasteiger partial charge on any atom is -0.508 e. The number of benzene rings is 3. The zero-order chi connectivity index (χ0) is 19.8. The molecular weight excluding hydrogens is 365 g/mol. The van der Waals surface area contributed by atoms with Crippen LogP contribution in [0.25, 0.3) is 0 Å². The number of methoxy groups -OCH3 is 1.